The van der Waals surface area contributed by atoms with Crippen molar-refractivity contribution in [1.82, 2.24) is 29.5 Å². The molecular weight excluding hydrogens is 845 g/mol. The molecule has 6 aromatic rings. The Balaban J connectivity index is 0.000000574. The molecule has 2 N–H and O–H groups in total. The summed E-state index contributed by atoms with van der Waals surface area (Å²) in [5, 5.41) is 7.15. The molecule has 328 valence electrons. The van der Waals surface area contributed by atoms with Crippen LogP contribution in [-0.2, 0) is 39.9 Å². The molecule has 6 rings (SSSR count). The third-order valence-electron chi connectivity index (χ3n) is 10.2. The second kappa shape index (κ2) is 21.4. The van der Waals surface area contributed by atoms with Crippen molar-refractivity contribution in [2.75, 3.05) is 26.2 Å². The predicted molar refractivity (Wildman–Crippen MR) is 232 cm³/mol. The zero-order valence-electron chi connectivity index (χ0n) is 34.6. The van der Waals surface area contributed by atoms with Gasteiger partial charge in [-0.2, -0.15) is 31.7 Å². The van der Waals surface area contributed by atoms with Crippen LogP contribution >= 0.6 is 11.8 Å². The fourth-order valence-electron chi connectivity index (χ4n) is 6.35. The number of hydrogen-bond acceptors (Lipinski definition) is 8. The molecule has 0 saturated carbocycles. The molecule has 17 heteroatoms. The first-order chi connectivity index (χ1) is 29.4. The van der Waals surface area contributed by atoms with Gasteiger partial charge in [0.1, 0.15) is 12.4 Å². The average molecular weight is 893 g/mol. The summed E-state index contributed by atoms with van der Waals surface area (Å²) in [5.74, 6) is -0.441. The van der Waals surface area contributed by atoms with Crippen LogP contribution in [0.3, 0.4) is 0 Å². The van der Waals surface area contributed by atoms with Crippen LogP contribution < -0.4 is 5.56 Å². The molecule has 0 spiro atoms. The van der Waals surface area contributed by atoms with E-state index < -0.39 is 27.4 Å². The van der Waals surface area contributed by atoms with Crippen LogP contribution in [0.15, 0.2) is 130 Å². The number of carbonyl (C=O) groups excluding carboxylic acids is 1. The van der Waals surface area contributed by atoms with Crippen molar-refractivity contribution in [2.24, 2.45) is 0 Å². The van der Waals surface area contributed by atoms with E-state index in [4.69, 9.17) is 4.55 Å². The molecule has 62 heavy (non-hydrogen) atoms. The zero-order chi connectivity index (χ0) is 45.0. The number of H-pyrrole nitrogens is 1. The Bertz CT molecular complexity index is 2530. The van der Waals surface area contributed by atoms with Crippen molar-refractivity contribution < 1.29 is 35.3 Å². The summed E-state index contributed by atoms with van der Waals surface area (Å²) < 4.78 is 84.0. The molecule has 1 unspecified atom stereocenters. The number of benzene rings is 4. The highest BCUT2D eigenvalue weighted by Crippen LogP contribution is 2.31. The van der Waals surface area contributed by atoms with Crippen molar-refractivity contribution in [3.05, 3.63) is 165 Å². The number of thioether (sulfide) groups is 1. The summed E-state index contributed by atoms with van der Waals surface area (Å²) in [6, 6.07) is 24.5. The maximum absolute atomic E-state index is 14.2. The Kier molecular flexibility index (Phi) is 16.4. The van der Waals surface area contributed by atoms with Gasteiger partial charge in [-0.25, -0.2) is 4.39 Å². The van der Waals surface area contributed by atoms with Crippen LogP contribution in [0.1, 0.15) is 60.1 Å². The van der Waals surface area contributed by atoms with Gasteiger partial charge in [-0.3, -0.25) is 19.2 Å². The van der Waals surface area contributed by atoms with Gasteiger partial charge < -0.3 is 14.4 Å². The minimum absolute atomic E-state index is 0.0666. The molecule has 1 amide bonds. The smallest absolute Gasteiger partial charge is 0.336 e. The van der Waals surface area contributed by atoms with Crippen molar-refractivity contribution in [1.29, 1.82) is 0 Å². The van der Waals surface area contributed by atoms with E-state index in [1.807, 2.05) is 38.1 Å². The molecule has 2 aromatic heterocycles. The van der Waals surface area contributed by atoms with Gasteiger partial charge in [-0.15, -0.1) is 0 Å². The number of halogens is 4. The van der Waals surface area contributed by atoms with Gasteiger partial charge in [0.05, 0.1) is 16.7 Å². The number of amides is 1. The third kappa shape index (κ3) is 13.4. The first-order valence-electron chi connectivity index (χ1n) is 19.7. The molecule has 0 aliphatic carbocycles. The second-order valence-electron chi connectivity index (χ2n) is 14.5. The predicted octanol–water partition coefficient (Wildman–Crippen LogP) is 8.85. The van der Waals surface area contributed by atoms with E-state index in [2.05, 4.69) is 33.9 Å². The lowest BCUT2D eigenvalue weighted by atomic mass is 9.98. The Morgan fingerprint density at radius 3 is 2.03 bits per heavy atom. The van der Waals surface area contributed by atoms with Gasteiger partial charge in [0, 0.05) is 49.3 Å². The largest absolute Gasteiger partial charge is 0.416 e. The maximum atomic E-state index is 14.2. The van der Waals surface area contributed by atoms with Crippen LogP contribution in [0.4, 0.5) is 17.6 Å². The minimum Gasteiger partial charge on any atom is -0.336 e. The molecule has 2 heterocycles. The molecule has 0 saturated heterocycles. The summed E-state index contributed by atoms with van der Waals surface area (Å²) in [5.41, 5.74) is 4.18. The number of nitrogens with one attached hydrogen (secondary N) is 1. The number of aromatic amines is 1. The molecule has 0 fully saturated rings. The highest BCUT2D eigenvalue weighted by molar-refractivity contribution is 7.98. The summed E-state index contributed by atoms with van der Waals surface area (Å²) in [6.07, 6.45) is 0.652. The number of hydrogen-bond donors (Lipinski definition) is 2. The first kappa shape index (κ1) is 47.4. The topological polar surface area (TPSA) is 141 Å². The van der Waals surface area contributed by atoms with Gasteiger partial charge in [-0.05, 0) is 84.2 Å². The van der Waals surface area contributed by atoms with Crippen molar-refractivity contribution >= 4 is 27.8 Å². The van der Waals surface area contributed by atoms with Crippen molar-refractivity contribution in [3.63, 3.8) is 0 Å². The van der Waals surface area contributed by atoms with Gasteiger partial charge in [0.15, 0.2) is 5.16 Å². The zero-order valence-corrected chi connectivity index (χ0v) is 36.3. The summed E-state index contributed by atoms with van der Waals surface area (Å²) in [4.78, 5) is 35.8. The lowest BCUT2D eigenvalue weighted by Gasteiger charge is -2.27. The monoisotopic (exact) mass is 892 g/mol. The molecule has 11 nitrogen and oxygen atoms in total. The van der Waals surface area contributed by atoms with Crippen molar-refractivity contribution in [3.8, 4) is 11.1 Å². The van der Waals surface area contributed by atoms with E-state index in [9.17, 15) is 35.6 Å². The summed E-state index contributed by atoms with van der Waals surface area (Å²) in [7, 11) is -4.02. The number of rotatable bonds is 16. The average Bonchev–Trinajstić information content (AvgIpc) is 3.79. The maximum Gasteiger partial charge on any atom is 0.416 e. The standard InChI is InChI=1S/C38H40F4N6O2S.C7H8O3S/c1-4-46(5-2)18-19-47(22-27-6-10-29(11-7-27)30-12-14-32(15-13-30)38(40,41)42)35(49)24-48-23-34(26(3)31-20-43-44-21-31)36(50)45-37(48)51-25-28-8-16-33(39)17-9-28;1-6-2-4-7(5-3-6)11(8,9)10/h6-17,20-21,23,26H,4-5,18-19,22,24-25H2,1-3H3,(H,43,44);2-5H,1H3,(H,8,9,10). The quantitative estimate of drug-likeness (QED) is 0.0422. The highest BCUT2D eigenvalue weighted by atomic mass is 32.2. The number of alkyl halides is 3. The van der Waals surface area contributed by atoms with Gasteiger partial charge in [0.25, 0.3) is 15.7 Å². The Morgan fingerprint density at radius 2 is 1.48 bits per heavy atom. The fourth-order valence-corrected chi connectivity index (χ4v) is 7.75. The van der Waals surface area contributed by atoms with E-state index in [1.54, 1.807) is 52.3 Å². The Morgan fingerprint density at radius 1 is 0.887 bits per heavy atom. The van der Waals surface area contributed by atoms with Crippen molar-refractivity contribution in [2.45, 2.75) is 68.7 Å². The molecular formula is C45H48F4N6O5S2. The van der Waals surface area contributed by atoms with E-state index in [-0.39, 0.29) is 29.1 Å². The molecule has 4 aromatic carbocycles. The number of likely N-dealkylation sites (N-methyl/N-ethyl adjacent to an activating group) is 1. The molecule has 0 radical (unpaired) electrons. The van der Waals surface area contributed by atoms with Crippen LogP contribution in [-0.4, -0.2) is 74.6 Å². The lowest BCUT2D eigenvalue weighted by molar-refractivity contribution is -0.137. The highest BCUT2D eigenvalue weighted by Gasteiger charge is 2.30. The molecule has 0 aliphatic heterocycles. The van der Waals surface area contributed by atoms with Gasteiger partial charge in [0.2, 0.25) is 5.91 Å². The second-order valence-corrected chi connectivity index (χ2v) is 16.8. The van der Waals surface area contributed by atoms with Crippen LogP contribution in [0.5, 0.6) is 0 Å². The minimum atomic E-state index is -4.41. The Hall–Kier alpha value is -5.62. The number of nitrogens with zero attached hydrogens (tertiary/aromatic N) is 5. The van der Waals surface area contributed by atoms with Crippen LogP contribution in [0.25, 0.3) is 11.1 Å². The van der Waals surface area contributed by atoms with E-state index in [0.29, 0.717) is 41.7 Å². The van der Waals surface area contributed by atoms with E-state index in [1.165, 1.54) is 48.2 Å². The number of aromatic nitrogens is 4. The summed E-state index contributed by atoms with van der Waals surface area (Å²) in [6.45, 7) is 10.8. The lowest BCUT2D eigenvalue weighted by Crippen LogP contribution is -2.40. The van der Waals surface area contributed by atoms with Crippen LogP contribution in [0, 0.1) is 12.7 Å². The Labute approximate surface area is 362 Å². The number of aryl methyl sites for hydroxylation is 1. The fraction of sp³-hybridized carbons (Fsp3) is 0.289. The van der Waals surface area contributed by atoms with Gasteiger partial charge in [-0.1, -0.05) is 98.8 Å². The summed E-state index contributed by atoms with van der Waals surface area (Å²) >= 11 is 1.29. The number of carbonyl (C=O) groups is 1. The third-order valence-corrected chi connectivity index (χ3v) is 12.1. The first-order valence-corrected chi connectivity index (χ1v) is 22.2. The van der Waals surface area contributed by atoms with E-state index in [0.717, 1.165) is 53.0 Å². The molecule has 1 atom stereocenters. The van der Waals surface area contributed by atoms with E-state index >= 15 is 0 Å². The normalized spacial score (nSPS) is 12.2. The van der Waals surface area contributed by atoms with Gasteiger partial charge >= 0.3 is 6.18 Å². The molecule has 0 bridgehead atoms. The SMILES string of the molecule is CCN(CC)CCN(Cc1ccc(-c2ccc(C(F)(F)F)cc2)cc1)C(=O)Cn1cc(C(C)c2cn[nH]c2)c(=O)nc1SCc1ccc(F)cc1.Cc1ccc(S(=O)(=O)O)cc1. The molecule has 0 aliphatic rings. The van der Waals surface area contributed by atoms with Crippen LogP contribution in [0.2, 0.25) is 0 Å².